The van der Waals surface area contributed by atoms with Crippen LogP contribution in [0.4, 0.5) is 0 Å². The second kappa shape index (κ2) is 6.08. The summed E-state index contributed by atoms with van der Waals surface area (Å²) in [7, 11) is 0. The topological polar surface area (TPSA) is 37.3 Å². The molecule has 0 bridgehead atoms. The average Bonchev–Trinajstić information content (AvgIpc) is 3.10. The van der Waals surface area contributed by atoms with E-state index in [0.717, 1.165) is 49.3 Å². The molecule has 1 aromatic rings. The standard InChI is InChI=1S/C14H20BrN3O.ClH/c1-2-17-8-11(15)7-12(17)13(19)18-6-4-14(10-18)3-5-16-9-14;/h7-8,16H,2-6,9-10H2,1H3;1H. The van der Waals surface area contributed by atoms with Crippen LogP contribution in [0.1, 0.15) is 30.3 Å². The van der Waals surface area contributed by atoms with Gasteiger partial charge in [0.15, 0.2) is 0 Å². The van der Waals surface area contributed by atoms with Crippen LogP contribution in [0.2, 0.25) is 0 Å². The number of carbonyl (C=O) groups excluding carboxylic acids is 1. The van der Waals surface area contributed by atoms with Gasteiger partial charge in [0.25, 0.3) is 5.91 Å². The lowest BCUT2D eigenvalue weighted by Crippen LogP contribution is -2.34. The van der Waals surface area contributed by atoms with Gasteiger partial charge in [-0.05, 0) is 48.3 Å². The molecule has 2 aliphatic rings. The Balaban J connectivity index is 0.00000147. The summed E-state index contributed by atoms with van der Waals surface area (Å²) in [6, 6.07) is 1.93. The van der Waals surface area contributed by atoms with Crippen molar-refractivity contribution >= 4 is 34.2 Å². The predicted octanol–water partition coefficient (Wildman–Crippen LogP) is 2.52. The monoisotopic (exact) mass is 361 g/mol. The van der Waals surface area contributed by atoms with E-state index in [1.165, 1.54) is 6.42 Å². The molecule has 3 heterocycles. The molecule has 0 saturated carbocycles. The van der Waals surface area contributed by atoms with Crippen LogP contribution in [0.15, 0.2) is 16.7 Å². The molecule has 1 unspecified atom stereocenters. The fraction of sp³-hybridized carbons (Fsp3) is 0.643. The van der Waals surface area contributed by atoms with Crippen molar-refractivity contribution in [1.82, 2.24) is 14.8 Å². The number of halogens is 2. The van der Waals surface area contributed by atoms with Crippen LogP contribution in [0, 0.1) is 5.41 Å². The van der Waals surface area contributed by atoms with E-state index >= 15 is 0 Å². The minimum Gasteiger partial charge on any atom is -0.343 e. The first kappa shape index (κ1) is 15.9. The molecule has 0 radical (unpaired) electrons. The molecule has 1 amide bonds. The molecule has 1 atom stereocenters. The molecule has 4 nitrogen and oxygen atoms in total. The number of likely N-dealkylation sites (tertiary alicyclic amines) is 1. The normalized spacial score (nSPS) is 25.2. The number of hydrogen-bond donors (Lipinski definition) is 1. The van der Waals surface area contributed by atoms with Crippen LogP contribution in [0.5, 0.6) is 0 Å². The summed E-state index contributed by atoms with van der Waals surface area (Å²) in [5.74, 6) is 0.177. The third-order valence-corrected chi connectivity index (χ3v) is 4.91. The van der Waals surface area contributed by atoms with Gasteiger partial charge >= 0.3 is 0 Å². The number of carbonyl (C=O) groups is 1. The van der Waals surface area contributed by atoms with Crippen LogP contribution in [0.25, 0.3) is 0 Å². The summed E-state index contributed by atoms with van der Waals surface area (Å²) in [6.45, 7) is 6.86. The number of amides is 1. The second-order valence-electron chi connectivity index (χ2n) is 5.73. The van der Waals surface area contributed by atoms with Crippen LogP contribution < -0.4 is 5.32 Å². The van der Waals surface area contributed by atoms with Crippen molar-refractivity contribution in [3.63, 3.8) is 0 Å². The molecule has 0 aromatic carbocycles. The van der Waals surface area contributed by atoms with Gasteiger partial charge in [-0.2, -0.15) is 0 Å². The van der Waals surface area contributed by atoms with Gasteiger partial charge in [0.05, 0.1) is 0 Å². The summed E-state index contributed by atoms with van der Waals surface area (Å²) in [5, 5.41) is 3.43. The smallest absolute Gasteiger partial charge is 0.270 e. The lowest BCUT2D eigenvalue weighted by molar-refractivity contribution is 0.0765. The molecular formula is C14H21BrClN3O. The highest BCUT2D eigenvalue weighted by Crippen LogP contribution is 2.36. The first-order valence-corrected chi connectivity index (χ1v) is 7.78. The van der Waals surface area contributed by atoms with Crippen molar-refractivity contribution in [2.75, 3.05) is 26.2 Å². The second-order valence-corrected chi connectivity index (χ2v) is 6.65. The van der Waals surface area contributed by atoms with Gasteiger partial charge in [-0.15, -0.1) is 12.4 Å². The Morgan fingerprint density at radius 1 is 1.50 bits per heavy atom. The summed E-state index contributed by atoms with van der Waals surface area (Å²) in [4.78, 5) is 14.7. The first-order valence-electron chi connectivity index (χ1n) is 6.99. The van der Waals surface area contributed by atoms with E-state index in [2.05, 4.69) is 28.2 Å². The van der Waals surface area contributed by atoms with E-state index in [4.69, 9.17) is 0 Å². The van der Waals surface area contributed by atoms with E-state index in [1.807, 2.05) is 21.7 Å². The average molecular weight is 363 g/mol. The lowest BCUT2D eigenvalue weighted by Gasteiger charge is -2.23. The predicted molar refractivity (Wildman–Crippen MR) is 85.5 cm³/mol. The molecule has 6 heteroatoms. The van der Waals surface area contributed by atoms with E-state index < -0.39 is 0 Å². The minimum atomic E-state index is 0. The number of nitrogens with zero attached hydrogens (tertiary/aromatic N) is 2. The Hall–Kier alpha value is -0.520. The molecule has 2 fully saturated rings. The zero-order valence-corrected chi connectivity index (χ0v) is 14.1. The van der Waals surface area contributed by atoms with Crippen LogP contribution in [0.3, 0.4) is 0 Å². The maximum Gasteiger partial charge on any atom is 0.270 e. The van der Waals surface area contributed by atoms with Gasteiger partial charge in [0.2, 0.25) is 0 Å². The highest BCUT2D eigenvalue weighted by atomic mass is 79.9. The van der Waals surface area contributed by atoms with Crippen molar-refractivity contribution in [2.24, 2.45) is 5.41 Å². The molecule has 2 saturated heterocycles. The number of aromatic nitrogens is 1. The summed E-state index contributed by atoms with van der Waals surface area (Å²) in [5.41, 5.74) is 1.15. The van der Waals surface area contributed by atoms with Crippen molar-refractivity contribution in [2.45, 2.75) is 26.3 Å². The maximum absolute atomic E-state index is 12.6. The Morgan fingerprint density at radius 3 is 2.95 bits per heavy atom. The van der Waals surface area contributed by atoms with Gasteiger partial charge in [-0.1, -0.05) is 0 Å². The van der Waals surface area contributed by atoms with E-state index in [-0.39, 0.29) is 18.3 Å². The molecule has 3 rings (SSSR count). The molecule has 20 heavy (non-hydrogen) atoms. The van der Waals surface area contributed by atoms with E-state index in [0.29, 0.717) is 5.41 Å². The largest absolute Gasteiger partial charge is 0.343 e. The number of hydrogen-bond acceptors (Lipinski definition) is 2. The van der Waals surface area contributed by atoms with Gasteiger partial charge in [-0.3, -0.25) is 4.79 Å². The molecular weight excluding hydrogens is 342 g/mol. The zero-order chi connectivity index (χ0) is 13.5. The highest BCUT2D eigenvalue weighted by molar-refractivity contribution is 9.10. The van der Waals surface area contributed by atoms with Crippen LogP contribution >= 0.6 is 28.3 Å². The zero-order valence-electron chi connectivity index (χ0n) is 11.7. The van der Waals surface area contributed by atoms with Gasteiger partial charge in [0.1, 0.15) is 5.69 Å². The minimum absolute atomic E-state index is 0. The molecule has 1 spiro atoms. The van der Waals surface area contributed by atoms with Crippen molar-refractivity contribution in [3.8, 4) is 0 Å². The lowest BCUT2D eigenvalue weighted by atomic mass is 9.87. The molecule has 1 aromatic heterocycles. The third kappa shape index (κ3) is 2.76. The van der Waals surface area contributed by atoms with Gasteiger partial charge in [-0.25, -0.2) is 0 Å². The fourth-order valence-electron chi connectivity index (χ4n) is 3.33. The van der Waals surface area contributed by atoms with Crippen molar-refractivity contribution < 1.29 is 4.79 Å². The van der Waals surface area contributed by atoms with Crippen molar-refractivity contribution in [3.05, 3.63) is 22.4 Å². The van der Waals surface area contributed by atoms with Gasteiger partial charge in [0, 0.05) is 42.3 Å². The number of rotatable bonds is 2. The summed E-state index contributed by atoms with van der Waals surface area (Å²) in [6.07, 6.45) is 4.32. The Morgan fingerprint density at radius 2 is 2.30 bits per heavy atom. The quantitative estimate of drug-likeness (QED) is 0.878. The SMILES string of the molecule is CCn1cc(Br)cc1C(=O)N1CCC2(CCNC2)C1.Cl. The molecule has 112 valence electrons. The Kier molecular flexibility index (Phi) is 4.82. The fourth-order valence-corrected chi connectivity index (χ4v) is 3.79. The Labute approximate surface area is 134 Å². The summed E-state index contributed by atoms with van der Waals surface area (Å²) < 4.78 is 3.00. The third-order valence-electron chi connectivity index (χ3n) is 4.48. The molecule has 1 N–H and O–H groups in total. The molecule has 2 aliphatic heterocycles. The maximum atomic E-state index is 12.6. The molecule has 0 aliphatic carbocycles. The van der Waals surface area contributed by atoms with E-state index in [9.17, 15) is 4.79 Å². The van der Waals surface area contributed by atoms with Gasteiger partial charge < -0.3 is 14.8 Å². The number of aryl methyl sites for hydroxylation is 1. The Bertz CT molecular complexity index is 497. The highest BCUT2D eigenvalue weighted by Gasteiger charge is 2.42. The number of nitrogens with one attached hydrogen (secondary N) is 1. The van der Waals surface area contributed by atoms with E-state index in [1.54, 1.807) is 0 Å². The summed E-state index contributed by atoms with van der Waals surface area (Å²) >= 11 is 3.46. The van der Waals surface area contributed by atoms with Crippen LogP contribution in [-0.2, 0) is 6.54 Å². The first-order chi connectivity index (χ1) is 9.13. The van der Waals surface area contributed by atoms with Crippen LogP contribution in [-0.4, -0.2) is 41.6 Å². The van der Waals surface area contributed by atoms with Crippen molar-refractivity contribution in [1.29, 1.82) is 0 Å².